The summed E-state index contributed by atoms with van der Waals surface area (Å²) in [6, 6.07) is 6.43. The summed E-state index contributed by atoms with van der Waals surface area (Å²) in [6.45, 7) is 3.54. The molecule has 0 bridgehead atoms. The van der Waals surface area contributed by atoms with Crippen molar-refractivity contribution in [3.63, 3.8) is 0 Å². The van der Waals surface area contributed by atoms with Crippen molar-refractivity contribution in [1.29, 1.82) is 0 Å². The van der Waals surface area contributed by atoms with Crippen molar-refractivity contribution in [3.05, 3.63) is 42.5 Å². The lowest BCUT2D eigenvalue weighted by molar-refractivity contribution is 0.598. The summed E-state index contributed by atoms with van der Waals surface area (Å²) in [5, 5.41) is 8.26. The number of hydrogen-bond acceptors (Lipinski definition) is 4. The molecular weight excluding hydrogens is 276 g/mol. The van der Waals surface area contributed by atoms with Crippen LogP contribution in [-0.4, -0.2) is 18.0 Å². The molecule has 0 unspecified atom stereocenters. The third-order valence-corrected chi connectivity index (χ3v) is 3.79. The minimum absolute atomic E-state index is 0.0967. The van der Waals surface area contributed by atoms with E-state index in [0.29, 0.717) is 12.2 Å². The molecule has 2 aromatic rings. The summed E-state index contributed by atoms with van der Waals surface area (Å²) in [7, 11) is -3.68. The number of anilines is 1. The Balaban J connectivity index is 2.09. The average molecular weight is 294 g/mol. The first-order chi connectivity index (χ1) is 9.50. The van der Waals surface area contributed by atoms with Gasteiger partial charge in [0.05, 0.1) is 11.4 Å². The second kappa shape index (κ2) is 6.06. The Morgan fingerprint density at radius 1 is 1.40 bits per heavy atom. The van der Waals surface area contributed by atoms with Crippen LogP contribution < -0.4 is 10.5 Å². The molecule has 1 aromatic heterocycles. The van der Waals surface area contributed by atoms with E-state index in [1.165, 1.54) is 12.1 Å². The van der Waals surface area contributed by atoms with Crippen molar-refractivity contribution >= 4 is 15.7 Å². The van der Waals surface area contributed by atoms with E-state index in [-0.39, 0.29) is 4.90 Å². The Labute approximate surface area is 118 Å². The second-order valence-electron chi connectivity index (χ2n) is 4.46. The van der Waals surface area contributed by atoms with Crippen molar-refractivity contribution in [2.45, 2.75) is 31.3 Å². The van der Waals surface area contributed by atoms with Crippen molar-refractivity contribution in [3.8, 4) is 0 Å². The van der Waals surface area contributed by atoms with E-state index < -0.39 is 10.0 Å². The number of nitrogens with two attached hydrogens (primary N) is 1. The Morgan fingerprint density at radius 3 is 2.90 bits per heavy atom. The van der Waals surface area contributed by atoms with Gasteiger partial charge in [0, 0.05) is 24.6 Å². The quantitative estimate of drug-likeness (QED) is 0.846. The zero-order valence-corrected chi connectivity index (χ0v) is 12.1. The number of primary sulfonamides is 1. The van der Waals surface area contributed by atoms with Gasteiger partial charge in [0.1, 0.15) is 5.82 Å². The van der Waals surface area contributed by atoms with E-state index in [1.54, 1.807) is 18.3 Å². The number of nitrogens with one attached hydrogen (secondary N) is 1. The molecule has 2 rings (SSSR count). The van der Waals surface area contributed by atoms with Crippen molar-refractivity contribution in [2.75, 3.05) is 5.32 Å². The molecule has 0 amide bonds. The second-order valence-corrected chi connectivity index (χ2v) is 6.02. The fourth-order valence-electron chi connectivity index (χ4n) is 1.92. The molecule has 0 fully saturated rings. The van der Waals surface area contributed by atoms with Crippen LogP contribution >= 0.6 is 0 Å². The van der Waals surface area contributed by atoms with Crippen LogP contribution in [0.3, 0.4) is 0 Å². The van der Waals surface area contributed by atoms with Gasteiger partial charge in [-0.15, -0.1) is 0 Å². The first-order valence-electron chi connectivity index (χ1n) is 6.37. The minimum atomic E-state index is -3.68. The molecule has 0 saturated carbocycles. The third-order valence-electron chi connectivity index (χ3n) is 2.88. The Bertz CT molecular complexity index is 679. The Kier molecular flexibility index (Phi) is 4.41. The fraction of sp³-hybridized carbons (Fsp3) is 0.308. The predicted octanol–water partition coefficient (Wildman–Crippen LogP) is 1.55. The number of sulfonamides is 1. The summed E-state index contributed by atoms with van der Waals surface area (Å²) in [4.78, 5) is 4.38. The molecular formula is C13H18N4O2S. The van der Waals surface area contributed by atoms with Crippen molar-refractivity contribution in [2.24, 2.45) is 5.14 Å². The summed E-state index contributed by atoms with van der Waals surface area (Å²) in [5.74, 6) is 0.910. The van der Waals surface area contributed by atoms with Gasteiger partial charge < -0.3 is 9.88 Å². The molecule has 0 spiro atoms. The van der Waals surface area contributed by atoms with Crippen LogP contribution in [0.4, 0.5) is 5.69 Å². The molecule has 7 heteroatoms. The Morgan fingerprint density at radius 2 is 2.20 bits per heavy atom. The summed E-state index contributed by atoms with van der Waals surface area (Å²) >= 11 is 0. The number of aromatic nitrogens is 2. The Hall–Kier alpha value is -1.86. The molecule has 1 aromatic carbocycles. The highest BCUT2D eigenvalue weighted by molar-refractivity contribution is 7.89. The topological polar surface area (TPSA) is 90.0 Å². The number of hydrogen-bond donors (Lipinski definition) is 2. The minimum Gasteiger partial charge on any atom is -0.378 e. The summed E-state index contributed by atoms with van der Waals surface area (Å²) < 4.78 is 24.6. The predicted molar refractivity (Wildman–Crippen MR) is 77.7 cm³/mol. The van der Waals surface area contributed by atoms with Gasteiger partial charge in [-0.3, -0.25) is 0 Å². The molecule has 108 valence electrons. The maximum Gasteiger partial charge on any atom is 0.238 e. The number of rotatable bonds is 6. The van der Waals surface area contributed by atoms with Gasteiger partial charge in [-0.1, -0.05) is 13.0 Å². The normalized spacial score (nSPS) is 11.5. The van der Waals surface area contributed by atoms with Gasteiger partial charge in [0.15, 0.2) is 0 Å². The molecule has 0 aliphatic carbocycles. The monoisotopic (exact) mass is 294 g/mol. The highest BCUT2D eigenvalue weighted by atomic mass is 32.2. The van der Waals surface area contributed by atoms with Crippen LogP contribution in [0, 0.1) is 0 Å². The first-order valence-corrected chi connectivity index (χ1v) is 7.92. The molecule has 0 radical (unpaired) electrons. The van der Waals surface area contributed by atoms with Crippen molar-refractivity contribution < 1.29 is 8.42 Å². The highest BCUT2D eigenvalue weighted by Crippen LogP contribution is 2.15. The van der Waals surface area contributed by atoms with Gasteiger partial charge in [-0.25, -0.2) is 18.5 Å². The molecule has 1 heterocycles. The number of benzene rings is 1. The lowest BCUT2D eigenvalue weighted by Crippen LogP contribution is -2.13. The van der Waals surface area contributed by atoms with Crippen LogP contribution in [-0.2, 0) is 23.1 Å². The van der Waals surface area contributed by atoms with E-state index in [9.17, 15) is 8.42 Å². The smallest absolute Gasteiger partial charge is 0.238 e. The summed E-state index contributed by atoms with van der Waals surface area (Å²) in [6.07, 6.45) is 4.72. The van der Waals surface area contributed by atoms with E-state index in [0.717, 1.165) is 18.8 Å². The van der Waals surface area contributed by atoms with Crippen LogP contribution in [0.15, 0.2) is 41.6 Å². The van der Waals surface area contributed by atoms with Gasteiger partial charge in [-0.05, 0) is 24.6 Å². The highest BCUT2D eigenvalue weighted by Gasteiger charge is 2.08. The van der Waals surface area contributed by atoms with E-state index >= 15 is 0 Å². The van der Waals surface area contributed by atoms with Crippen LogP contribution in [0.1, 0.15) is 19.2 Å². The van der Waals surface area contributed by atoms with Gasteiger partial charge in [0.25, 0.3) is 0 Å². The molecule has 3 N–H and O–H groups in total. The zero-order valence-electron chi connectivity index (χ0n) is 11.3. The molecule has 0 aliphatic rings. The number of aryl methyl sites for hydroxylation is 1. The molecule has 0 aliphatic heterocycles. The molecule has 20 heavy (non-hydrogen) atoms. The van der Waals surface area contributed by atoms with E-state index in [4.69, 9.17) is 5.14 Å². The van der Waals surface area contributed by atoms with Crippen LogP contribution in [0.5, 0.6) is 0 Å². The lowest BCUT2D eigenvalue weighted by atomic mass is 10.3. The number of nitrogens with zero attached hydrogens (tertiary/aromatic N) is 2. The number of imidazole rings is 1. The fourth-order valence-corrected chi connectivity index (χ4v) is 2.48. The average Bonchev–Trinajstić information content (AvgIpc) is 2.84. The van der Waals surface area contributed by atoms with Crippen molar-refractivity contribution in [1.82, 2.24) is 9.55 Å². The maximum atomic E-state index is 11.3. The SMILES string of the molecule is CCCn1ccnc1CNc1cccc(S(N)(=O)=O)c1. The van der Waals surface area contributed by atoms with Gasteiger partial charge in [0.2, 0.25) is 10.0 Å². The summed E-state index contributed by atoms with van der Waals surface area (Å²) in [5.41, 5.74) is 0.697. The third kappa shape index (κ3) is 3.58. The maximum absolute atomic E-state index is 11.3. The van der Waals surface area contributed by atoms with Gasteiger partial charge in [-0.2, -0.15) is 0 Å². The largest absolute Gasteiger partial charge is 0.378 e. The molecule has 6 nitrogen and oxygen atoms in total. The zero-order chi connectivity index (χ0) is 14.6. The van der Waals surface area contributed by atoms with Gasteiger partial charge >= 0.3 is 0 Å². The van der Waals surface area contributed by atoms with Crippen LogP contribution in [0.25, 0.3) is 0 Å². The molecule has 0 atom stereocenters. The molecule has 0 saturated heterocycles. The lowest BCUT2D eigenvalue weighted by Gasteiger charge is -2.09. The standard InChI is InChI=1S/C13H18N4O2S/c1-2-7-17-8-6-15-13(17)10-16-11-4-3-5-12(9-11)20(14,18)19/h3-6,8-9,16H,2,7,10H2,1H3,(H2,14,18,19). The van der Waals surface area contributed by atoms with E-state index in [2.05, 4.69) is 21.8 Å². The van der Waals surface area contributed by atoms with E-state index in [1.807, 2.05) is 6.20 Å². The first kappa shape index (κ1) is 14.5. The van der Waals surface area contributed by atoms with Crippen LogP contribution in [0.2, 0.25) is 0 Å².